The van der Waals surface area contributed by atoms with Gasteiger partial charge in [-0.05, 0) is 26.0 Å². The molecule has 1 rings (SSSR count). The number of nitrogens with zero attached hydrogens (tertiary/aromatic N) is 1. The highest BCUT2D eigenvalue weighted by Crippen LogP contribution is 2.19. The fourth-order valence-electron chi connectivity index (χ4n) is 1.02. The molecule has 0 aliphatic heterocycles. The highest BCUT2D eigenvalue weighted by atomic mass is 35.5. The molecule has 0 radical (unpaired) electrons. The van der Waals surface area contributed by atoms with E-state index >= 15 is 0 Å². The Balaban J connectivity index is 3.09. The van der Waals surface area contributed by atoms with Crippen molar-refractivity contribution in [1.82, 2.24) is 9.71 Å². The van der Waals surface area contributed by atoms with Crippen LogP contribution in [-0.2, 0) is 10.0 Å². The number of hydrogen-bond acceptors (Lipinski definition) is 4. The van der Waals surface area contributed by atoms with Crippen LogP contribution in [0.3, 0.4) is 0 Å². The molecule has 1 heterocycles. The lowest BCUT2D eigenvalue weighted by Crippen LogP contribution is -2.46. The van der Waals surface area contributed by atoms with Gasteiger partial charge >= 0.3 is 0 Å². The van der Waals surface area contributed by atoms with Crippen molar-refractivity contribution in [2.45, 2.75) is 24.3 Å². The molecular formula is C9H13ClN2O3S. The SMILES string of the molecule is CC(C)(CO)NS(=O)(=O)c1cccnc1Cl. The number of nitrogens with one attached hydrogen (secondary N) is 1. The smallest absolute Gasteiger partial charge is 0.244 e. The lowest BCUT2D eigenvalue weighted by atomic mass is 10.1. The van der Waals surface area contributed by atoms with Crippen LogP contribution < -0.4 is 4.72 Å². The third kappa shape index (κ3) is 3.15. The van der Waals surface area contributed by atoms with Gasteiger partial charge in [0.2, 0.25) is 10.0 Å². The van der Waals surface area contributed by atoms with Crippen LogP contribution in [0.2, 0.25) is 5.15 Å². The molecule has 0 saturated heterocycles. The predicted molar refractivity (Wildman–Crippen MR) is 60.7 cm³/mol. The van der Waals surface area contributed by atoms with Gasteiger partial charge in [0.05, 0.1) is 12.1 Å². The normalized spacial score (nSPS) is 12.8. The molecule has 1 aromatic heterocycles. The van der Waals surface area contributed by atoms with Crippen LogP contribution in [0.25, 0.3) is 0 Å². The Morgan fingerprint density at radius 1 is 1.56 bits per heavy atom. The first-order valence-corrected chi connectivity index (χ1v) is 6.40. The summed E-state index contributed by atoms with van der Waals surface area (Å²) in [4.78, 5) is 3.59. The average Bonchev–Trinajstić information content (AvgIpc) is 2.16. The third-order valence-electron chi connectivity index (χ3n) is 1.82. The number of pyridine rings is 1. The van der Waals surface area contributed by atoms with E-state index in [9.17, 15) is 8.42 Å². The van der Waals surface area contributed by atoms with Gasteiger partial charge < -0.3 is 5.11 Å². The van der Waals surface area contributed by atoms with Gasteiger partial charge in [0.15, 0.2) is 0 Å². The fourth-order valence-corrected chi connectivity index (χ4v) is 2.88. The summed E-state index contributed by atoms with van der Waals surface area (Å²) in [5.41, 5.74) is -0.946. The van der Waals surface area contributed by atoms with Crippen LogP contribution in [0.15, 0.2) is 23.2 Å². The second-order valence-corrected chi connectivity index (χ2v) is 5.95. The van der Waals surface area contributed by atoms with Crippen molar-refractivity contribution in [1.29, 1.82) is 0 Å². The average molecular weight is 265 g/mol. The molecule has 0 saturated carbocycles. The van der Waals surface area contributed by atoms with Gasteiger partial charge in [-0.2, -0.15) is 0 Å². The van der Waals surface area contributed by atoms with Crippen LogP contribution in [0.4, 0.5) is 0 Å². The van der Waals surface area contributed by atoms with Crippen LogP contribution in [-0.4, -0.2) is 30.7 Å². The number of sulfonamides is 1. The lowest BCUT2D eigenvalue weighted by molar-refractivity contribution is 0.208. The Kier molecular flexibility index (Phi) is 3.90. The summed E-state index contributed by atoms with van der Waals surface area (Å²) in [6.07, 6.45) is 1.40. The van der Waals surface area contributed by atoms with Crippen molar-refractivity contribution in [3.63, 3.8) is 0 Å². The van der Waals surface area contributed by atoms with E-state index in [1.807, 2.05) is 0 Å². The minimum Gasteiger partial charge on any atom is -0.394 e. The summed E-state index contributed by atoms with van der Waals surface area (Å²) < 4.78 is 26.1. The largest absolute Gasteiger partial charge is 0.394 e. The first kappa shape index (κ1) is 13.4. The number of halogens is 1. The van der Waals surface area contributed by atoms with Crippen molar-refractivity contribution >= 4 is 21.6 Å². The highest BCUT2D eigenvalue weighted by molar-refractivity contribution is 7.89. The van der Waals surface area contributed by atoms with Gasteiger partial charge in [0.25, 0.3) is 0 Å². The molecule has 0 aliphatic carbocycles. The number of aromatic nitrogens is 1. The molecule has 1 aromatic rings. The van der Waals surface area contributed by atoms with Crippen molar-refractivity contribution in [3.05, 3.63) is 23.5 Å². The topological polar surface area (TPSA) is 79.3 Å². The Bertz CT molecular complexity index is 473. The van der Waals surface area contributed by atoms with Gasteiger partial charge in [-0.25, -0.2) is 18.1 Å². The molecule has 5 nitrogen and oxygen atoms in total. The van der Waals surface area contributed by atoms with Crippen molar-refractivity contribution in [2.75, 3.05) is 6.61 Å². The van der Waals surface area contributed by atoms with Gasteiger partial charge in [-0.3, -0.25) is 0 Å². The van der Waals surface area contributed by atoms with Gasteiger partial charge in [-0.1, -0.05) is 11.6 Å². The van der Waals surface area contributed by atoms with Crippen LogP contribution in [0.5, 0.6) is 0 Å². The second kappa shape index (κ2) is 4.67. The summed E-state index contributed by atoms with van der Waals surface area (Å²) in [5.74, 6) is 0. The molecule has 0 aliphatic rings. The van der Waals surface area contributed by atoms with E-state index in [1.165, 1.54) is 18.3 Å². The Morgan fingerprint density at radius 3 is 2.69 bits per heavy atom. The number of hydrogen-bond donors (Lipinski definition) is 2. The second-order valence-electron chi connectivity index (χ2n) is 3.94. The van der Waals surface area contributed by atoms with Crippen LogP contribution in [0, 0.1) is 0 Å². The minimum absolute atomic E-state index is 0.0938. The molecular weight excluding hydrogens is 252 g/mol. The van der Waals surface area contributed by atoms with E-state index in [2.05, 4.69) is 9.71 Å². The monoisotopic (exact) mass is 264 g/mol. The molecule has 0 atom stereocenters. The Labute approximate surface area is 99.5 Å². The van der Waals surface area contributed by atoms with Gasteiger partial charge in [0, 0.05) is 6.20 Å². The summed E-state index contributed by atoms with van der Waals surface area (Å²) in [6, 6.07) is 2.83. The first-order chi connectivity index (χ1) is 7.28. The zero-order valence-electron chi connectivity index (χ0n) is 8.94. The summed E-state index contributed by atoms with van der Waals surface area (Å²) in [5, 5.41) is 8.90. The molecule has 0 spiro atoms. The molecule has 0 bridgehead atoms. The summed E-state index contributed by atoms with van der Waals surface area (Å²) in [7, 11) is -3.77. The standard InChI is InChI=1S/C9H13ClN2O3S/c1-9(2,6-13)12-16(14,15)7-4-3-5-11-8(7)10/h3-5,12-13H,6H2,1-2H3. The van der Waals surface area contributed by atoms with E-state index in [1.54, 1.807) is 13.8 Å². The maximum Gasteiger partial charge on any atom is 0.244 e. The van der Waals surface area contributed by atoms with E-state index < -0.39 is 15.6 Å². The molecule has 0 unspecified atom stereocenters. The molecule has 0 fully saturated rings. The third-order valence-corrected chi connectivity index (χ3v) is 3.96. The zero-order chi connectivity index (χ0) is 12.4. The van der Waals surface area contributed by atoms with E-state index in [4.69, 9.17) is 16.7 Å². The number of aliphatic hydroxyl groups is 1. The van der Waals surface area contributed by atoms with E-state index in [-0.39, 0.29) is 16.7 Å². The molecule has 90 valence electrons. The Hall–Kier alpha value is -0.690. The summed E-state index contributed by atoms with van der Waals surface area (Å²) >= 11 is 5.69. The zero-order valence-corrected chi connectivity index (χ0v) is 10.5. The van der Waals surface area contributed by atoms with Crippen molar-refractivity contribution in [3.8, 4) is 0 Å². The van der Waals surface area contributed by atoms with Crippen LogP contribution in [0.1, 0.15) is 13.8 Å². The molecule has 0 aromatic carbocycles. The molecule has 16 heavy (non-hydrogen) atoms. The molecule has 0 amide bonds. The molecule has 2 N–H and O–H groups in total. The van der Waals surface area contributed by atoms with Crippen molar-refractivity contribution in [2.24, 2.45) is 0 Å². The summed E-state index contributed by atoms with van der Waals surface area (Å²) in [6.45, 7) is 2.81. The van der Waals surface area contributed by atoms with Crippen LogP contribution >= 0.6 is 11.6 Å². The van der Waals surface area contributed by atoms with Gasteiger partial charge in [0.1, 0.15) is 10.0 Å². The quantitative estimate of drug-likeness (QED) is 0.788. The number of rotatable bonds is 4. The van der Waals surface area contributed by atoms with Gasteiger partial charge in [-0.15, -0.1) is 0 Å². The highest BCUT2D eigenvalue weighted by Gasteiger charge is 2.27. The first-order valence-electron chi connectivity index (χ1n) is 4.54. The minimum atomic E-state index is -3.77. The van der Waals surface area contributed by atoms with E-state index in [0.717, 1.165) is 0 Å². The van der Waals surface area contributed by atoms with E-state index in [0.29, 0.717) is 0 Å². The predicted octanol–water partition coefficient (Wildman–Crippen LogP) is 0.784. The fraction of sp³-hybridized carbons (Fsp3) is 0.444. The Morgan fingerprint density at radius 2 is 2.19 bits per heavy atom. The maximum absolute atomic E-state index is 11.9. The molecule has 7 heteroatoms. The lowest BCUT2D eigenvalue weighted by Gasteiger charge is -2.23. The van der Waals surface area contributed by atoms with Crippen molar-refractivity contribution < 1.29 is 13.5 Å². The number of aliphatic hydroxyl groups excluding tert-OH is 1. The maximum atomic E-state index is 11.9.